The lowest BCUT2D eigenvalue weighted by molar-refractivity contribution is 1.02. The lowest BCUT2D eigenvalue weighted by atomic mass is 10.1. The zero-order valence-electron chi connectivity index (χ0n) is 9.10. The first-order valence-corrected chi connectivity index (χ1v) is 5.91. The van der Waals surface area contributed by atoms with Gasteiger partial charge in [0.25, 0.3) is 0 Å². The van der Waals surface area contributed by atoms with Crippen LogP contribution in [0.5, 0.6) is 0 Å². The number of nitrogens with two attached hydrogens (primary N) is 1. The second kappa shape index (κ2) is 5.05. The zero-order valence-corrected chi connectivity index (χ0v) is 9.92. The fourth-order valence-electron chi connectivity index (χ4n) is 1.41. The lowest BCUT2D eigenvalue weighted by Crippen LogP contribution is -2.01. The number of anilines is 1. The van der Waals surface area contributed by atoms with Crippen molar-refractivity contribution in [3.63, 3.8) is 0 Å². The van der Waals surface area contributed by atoms with Gasteiger partial charge in [0, 0.05) is 13.1 Å². The van der Waals surface area contributed by atoms with E-state index in [1.54, 1.807) is 11.3 Å². The highest BCUT2D eigenvalue weighted by Crippen LogP contribution is 2.15. The summed E-state index contributed by atoms with van der Waals surface area (Å²) in [5.74, 6) is 0. The second-order valence-electron chi connectivity index (χ2n) is 3.50. The van der Waals surface area contributed by atoms with E-state index in [2.05, 4.69) is 27.6 Å². The molecule has 0 fully saturated rings. The van der Waals surface area contributed by atoms with Gasteiger partial charge in [-0.3, -0.25) is 0 Å². The van der Waals surface area contributed by atoms with Gasteiger partial charge in [-0.2, -0.15) is 0 Å². The highest BCUT2D eigenvalue weighted by Gasteiger charge is 2.00. The van der Waals surface area contributed by atoms with Gasteiger partial charge < -0.3 is 11.1 Å². The fraction of sp³-hybridized carbons (Fsp3) is 0.273. The van der Waals surface area contributed by atoms with E-state index in [-0.39, 0.29) is 0 Å². The van der Waals surface area contributed by atoms with E-state index in [4.69, 9.17) is 5.73 Å². The van der Waals surface area contributed by atoms with Crippen LogP contribution in [0.2, 0.25) is 0 Å². The Bertz CT molecular complexity index is 467. The van der Waals surface area contributed by atoms with E-state index in [9.17, 15) is 0 Å². The second-order valence-corrected chi connectivity index (χ2v) is 4.69. The number of rotatable bonds is 4. The number of aryl methyl sites for hydroxylation is 1. The molecule has 0 saturated carbocycles. The first-order chi connectivity index (χ1) is 7.78. The van der Waals surface area contributed by atoms with E-state index in [0.717, 1.165) is 22.2 Å². The first kappa shape index (κ1) is 11.0. The van der Waals surface area contributed by atoms with Crippen LogP contribution >= 0.6 is 11.3 Å². The highest BCUT2D eigenvalue weighted by atomic mass is 32.1. The minimum atomic E-state index is 0.575. The molecule has 84 valence electrons. The average Bonchev–Trinajstić information content (AvgIpc) is 2.73. The minimum Gasteiger partial charge on any atom is -0.356 e. The molecule has 16 heavy (non-hydrogen) atoms. The SMILES string of the molecule is Cc1nnc(NCc2cccc(CN)c2)s1. The van der Waals surface area contributed by atoms with Crippen molar-refractivity contribution in [2.75, 3.05) is 5.32 Å². The Kier molecular flexibility index (Phi) is 3.48. The Balaban J connectivity index is 1.99. The minimum absolute atomic E-state index is 0.575. The number of nitrogens with one attached hydrogen (secondary N) is 1. The van der Waals surface area contributed by atoms with Crippen LogP contribution in [-0.2, 0) is 13.1 Å². The molecule has 0 bridgehead atoms. The first-order valence-electron chi connectivity index (χ1n) is 5.10. The monoisotopic (exact) mass is 234 g/mol. The van der Waals surface area contributed by atoms with Crippen LogP contribution in [0.4, 0.5) is 5.13 Å². The topological polar surface area (TPSA) is 63.8 Å². The molecule has 1 aromatic carbocycles. The van der Waals surface area contributed by atoms with E-state index in [1.807, 2.05) is 19.1 Å². The molecule has 0 aliphatic carbocycles. The van der Waals surface area contributed by atoms with Gasteiger partial charge in [-0.1, -0.05) is 35.6 Å². The molecule has 0 atom stereocenters. The third-order valence-electron chi connectivity index (χ3n) is 2.20. The lowest BCUT2D eigenvalue weighted by Gasteiger charge is -2.04. The molecule has 2 rings (SSSR count). The van der Waals surface area contributed by atoms with Gasteiger partial charge in [-0.15, -0.1) is 10.2 Å². The van der Waals surface area contributed by atoms with Crippen molar-refractivity contribution >= 4 is 16.5 Å². The predicted octanol–water partition coefficient (Wildman–Crippen LogP) is 1.92. The van der Waals surface area contributed by atoms with Gasteiger partial charge in [0.2, 0.25) is 5.13 Å². The van der Waals surface area contributed by atoms with Crippen molar-refractivity contribution in [1.29, 1.82) is 0 Å². The van der Waals surface area contributed by atoms with Gasteiger partial charge >= 0.3 is 0 Å². The molecule has 0 spiro atoms. The quantitative estimate of drug-likeness (QED) is 0.848. The Morgan fingerprint density at radius 1 is 1.31 bits per heavy atom. The molecule has 0 amide bonds. The number of benzene rings is 1. The molecule has 0 radical (unpaired) electrons. The maximum Gasteiger partial charge on any atom is 0.205 e. The molecular weight excluding hydrogens is 220 g/mol. The van der Waals surface area contributed by atoms with E-state index < -0.39 is 0 Å². The number of hydrogen-bond acceptors (Lipinski definition) is 5. The van der Waals surface area contributed by atoms with Crippen molar-refractivity contribution in [2.24, 2.45) is 5.73 Å². The van der Waals surface area contributed by atoms with Gasteiger partial charge in [-0.25, -0.2) is 0 Å². The van der Waals surface area contributed by atoms with Crippen LogP contribution in [0.15, 0.2) is 24.3 Å². The van der Waals surface area contributed by atoms with Gasteiger partial charge in [-0.05, 0) is 18.1 Å². The molecule has 0 unspecified atom stereocenters. The number of hydrogen-bond donors (Lipinski definition) is 2. The molecule has 3 N–H and O–H groups in total. The van der Waals surface area contributed by atoms with Crippen molar-refractivity contribution in [3.05, 3.63) is 40.4 Å². The zero-order chi connectivity index (χ0) is 11.4. The van der Waals surface area contributed by atoms with E-state index in [0.29, 0.717) is 6.54 Å². The highest BCUT2D eigenvalue weighted by molar-refractivity contribution is 7.15. The Labute approximate surface area is 98.5 Å². The number of nitrogens with zero attached hydrogens (tertiary/aromatic N) is 2. The maximum atomic E-state index is 5.59. The fourth-order valence-corrected chi connectivity index (χ4v) is 2.00. The summed E-state index contributed by atoms with van der Waals surface area (Å²) in [4.78, 5) is 0. The summed E-state index contributed by atoms with van der Waals surface area (Å²) in [5.41, 5.74) is 7.94. The Hall–Kier alpha value is -1.46. The van der Waals surface area contributed by atoms with Crippen LogP contribution in [0.25, 0.3) is 0 Å². The van der Waals surface area contributed by atoms with Gasteiger partial charge in [0.1, 0.15) is 5.01 Å². The Morgan fingerprint density at radius 3 is 2.81 bits per heavy atom. The van der Waals surface area contributed by atoms with Gasteiger partial charge in [0.15, 0.2) is 0 Å². The molecule has 0 aliphatic rings. The molecule has 1 aromatic heterocycles. The summed E-state index contributed by atoms with van der Waals surface area (Å²) in [7, 11) is 0. The summed E-state index contributed by atoms with van der Waals surface area (Å²) in [6, 6.07) is 8.21. The largest absolute Gasteiger partial charge is 0.356 e. The summed E-state index contributed by atoms with van der Waals surface area (Å²) in [6.07, 6.45) is 0. The standard InChI is InChI=1S/C11H14N4S/c1-8-14-15-11(16-8)13-7-10-4-2-3-9(5-10)6-12/h2-5H,6-7,12H2,1H3,(H,13,15). The molecular formula is C11H14N4S. The maximum absolute atomic E-state index is 5.59. The van der Waals surface area contributed by atoms with Crippen molar-refractivity contribution in [2.45, 2.75) is 20.0 Å². The molecule has 2 aromatic rings. The van der Waals surface area contributed by atoms with Crippen molar-refractivity contribution < 1.29 is 0 Å². The van der Waals surface area contributed by atoms with Crippen LogP contribution in [0, 0.1) is 6.92 Å². The molecule has 0 saturated heterocycles. The van der Waals surface area contributed by atoms with Crippen molar-refractivity contribution in [1.82, 2.24) is 10.2 Å². The normalized spacial score (nSPS) is 10.4. The summed E-state index contributed by atoms with van der Waals surface area (Å²) in [6.45, 7) is 3.27. The van der Waals surface area contributed by atoms with Gasteiger partial charge in [0.05, 0.1) is 0 Å². The average molecular weight is 234 g/mol. The van der Waals surface area contributed by atoms with Crippen LogP contribution in [0.3, 0.4) is 0 Å². The smallest absolute Gasteiger partial charge is 0.205 e. The third-order valence-corrected chi connectivity index (χ3v) is 2.99. The van der Waals surface area contributed by atoms with Crippen LogP contribution < -0.4 is 11.1 Å². The summed E-state index contributed by atoms with van der Waals surface area (Å²) < 4.78 is 0. The Morgan fingerprint density at radius 2 is 2.12 bits per heavy atom. The molecule has 1 heterocycles. The third kappa shape index (κ3) is 2.77. The molecule has 4 nitrogen and oxygen atoms in total. The van der Waals surface area contributed by atoms with Crippen LogP contribution in [0.1, 0.15) is 16.1 Å². The predicted molar refractivity (Wildman–Crippen MR) is 66.3 cm³/mol. The van der Waals surface area contributed by atoms with Crippen molar-refractivity contribution in [3.8, 4) is 0 Å². The van der Waals surface area contributed by atoms with E-state index >= 15 is 0 Å². The van der Waals surface area contributed by atoms with Crippen LogP contribution in [-0.4, -0.2) is 10.2 Å². The van der Waals surface area contributed by atoms with E-state index in [1.165, 1.54) is 5.56 Å². The number of aromatic nitrogens is 2. The molecule has 0 aliphatic heterocycles. The molecule has 5 heteroatoms. The summed E-state index contributed by atoms with van der Waals surface area (Å²) in [5, 5.41) is 13.0. The summed E-state index contributed by atoms with van der Waals surface area (Å²) >= 11 is 1.56.